The van der Waals surface area contributed by atoms with Crippen molar-refractivity contribution in [1.29, 1.82) is 0 Å². The summed E-state index contributed by atoms with van der Waals surface area (Å²) >= 11 is 0. The van der Waals surface area contributed by atoms with E-state index in [4.69, 9.17) is 4.74 Å². The molecule has 0 aromatic carbocycles. The molecule has 1 aliphatic rings. The molecular weight excluding hydrogens is 154 g/mol. The quantitative estimate of drug-likeness (QED) is 0.604. The highest BCUT2D eigenvalue weighted by Gasteiger charge is 2.28. The molecule has 0 saturated heterocycles. The van der Waals surface area contributed by atoms with Crippen LogP contribution in [0.1, 0.15) is 25.7 Å². The first-order valence-electron chi connectivity index (χ1n) is 4.61. The van der Waals surface area contributed by atoms with Gasteiger partial charge in [-0.3, -0.25) is 4.79 Å². The zero-order chi connectivity index (χ0) is 8.81. The fourth-order valence-corrected chi connectivity index (χ4v) is 1.07. The van der Waals surface area contributed by atoms with Crippen LogP contribution in [0.5, 0.6) is 0 Å². The van der Waals surface area contributed by atoms with E-state index in [1.165, 1.54) is 0 Å². The number of methoxy groups -OCH3 is 1. The number of hydrogen-bond acceptors (Lipinski definition) is 2. The van der Waals surface area contributed by atoms with E-state index in [0.29, 0.717) is 5.92 Å². The molecule has 0 aromatic heterocycles. The van der Waals surface area contributed by atoms with Gasteiger partial charge in [0.2, 0.25) is 5.91 Å². The summed E-state index contributed by atoms with van der Waals surface area (Å²) in [6.07, 6.45) is 4.22. The number of ether oxygens (including phenoxy) is 1. The molecule has 12 heavy (non-hydrogen) atoms. The van der Waals surface area contributed by atoms with Crippen LogP contribution in [0.4, 0.5) is 0 Å². The van der Waals surface area contributed by atoms with E-state index in [9.17, 15) is 4.79 Å². The Morgan fingerprint density at radius 3 is 2.83 bits per heavy atom. The molecule has 3 heteroatoms. The number of rotatable bonds is 6. The molecule has 0 bridgehead atoms. The van der Waals surface area contributed by atoms with Gasteiger partial charge in [-0.15, -0.1) is 0 Å². The van der Waals surface area contributed by atoms with Crippen LogP contribution in [0.3, 0.4) is 0 Å². The SMILES string of the molecule is COCCCCNC(=O)C1CC1. The molecule has 0 heterocycles. The summed E-state index contributed by atoms with van der Waals surface area (Å²) < 4.78 is 4.90. The highest BCUT2D eigenvalue weighted by molar-refractivity contribution is 5.80. The Balaban J connectivity index is 1.84. The third-order valence-electron chi connectivity index (χ3n) is 2.02. The minimum atomic E-state index is 0.243. The first kappa shape index (κ1) is 9.52. The molecule has 1 fully saturated rings. The van der Waals surface area contributed by atoms with Crippen LogP contribution >= 0.6 is 0 Å². The van der Waals surface area contributed by atoms with Crippen LogP contribution in [0.15, 0.2) is 0 Å². The van der Waals surface area contributed by atoms with Gasteiger partial charge < -0.3 is 10.1 Å². The van der Waals surface area contributed by atoms with Crippen molar-refractivity contribution in [2.45, 2.75) is 25.7 Å². The van der Waals surface area contributed by atoms with E-state index in [0.717, 1.165) is 38.8 Å². The number of hydrogen-bond donors (Lipinski definition) is 1. The van der Waals surface area contributed by atoms with E-state index < -0.39 is 0 Å². The molecule has 70 valence electrons. The van der Waals surface area contributed by atoms with Gasteiger partial charge >= 0.3 is 0 Å². The lowest BCUT2D eigenvalue weighted by Gasteiger charge is -2.02. The van der Waals surface area contributed by atoms with Crippen LogP contribution < -0.4 is 5.32 Å². The van der Waals surface area contributed by atoms with Crippen molar-refractivity contribution >= 4 is 5.91 Å². The van der Waals surface area contributed by atoms with Crippen molar-refractivity contribution < 1.29 is 9.53 Å². The average Bonchev–Trinajstić information content (AvgIpc) is 2.86. The average molecular weight is 171 g/mol. The summed E-state index contributed by atoms with van der Waals surface area (Å²) in [6.45, 7) is 1.60. The Labute approximate surface area is 73.5 Å². The molecular formula is C9H17NO2. The first-order chi connectivity index (χ1) is 5.84. The van der Waals surface area contributed by atoms with Gasteiger partial charge in [0.25, 0.3) is 0 Å². The van der Waals surface area contributed by atoms with E-state index >= 15 is 0 Å². The summed E-state index contributed by atoms with van der Waals surface area (Å²) in [6, 6.07) is 0. The van der Waals surface area contributed by atoms with Crippen molar-refractivity contribution in [3.05, 3.63) is 0 Å². The smallest absolute Gasteiger partial charge is 0.223 e. The predicted molar refractivity (Wildman–Crippen MR) is 46.8 cm³/mol. The molecule has 0 spiro atoms. The predicted octanol–water partition coefficient (Wildman–Crippen LogP) is 0.939. The van der Waals surface area contributed by atoms with E-state index in [-0.39, 0.29) is 5.91 Å². The molecule has 1 saturated carbocycles. The topological polar surface area (TPSA) is 38.3 Å². The van der Waals surface area contributed by atoms with Crippen LogP contribution in [-0.4, -0.2) is 26.2 Å². The lowest BCUT2D eigenvalue weighted by atomic mass is 10.3. The maximum Gasteiger partial charge on any atom is 0.223 e. The fraction of sp³-hybridized carbons (Fsp3) is 0.889. The zero-order valence-corrected chi connectivity index (χ0v) is 7.64. The van der Waals surface area contributed by atoms with Crippen molar-refractivity contribution in [3.8, 4) is 0 Å². The van der Waals surface area contributed by atoms with Crippen molar-refractivity contribution in [1.82, 2.24) is 5.32 Å². The molecule has 0 radical (unpaired) electrons. The molecule has 0 unspecified atom stereocenters. The molecule has 1 aliphatic carbocycles. The maximum absolute atomic E-state index is 11.1. The Hall–Kier alpha value is -0.570. The molecule has 1 N–H and O–H groups in total. The van der Waals surface area contributed by atoms with Crippen molar-refractivity contribution in [3.63, 3.8) is 0 Å². The van der Waals surface area contributed by atoms with E-state index in [1.807, 2.05) is 0 Å². The Morgan fingerprint density at radius 2 is 2.25 bits per heavy atom. The number of nitrogens with one attached hydrogen (secondary N) is 1. The minimum Gasteiger partial charge on any atom is -0.385 e. The zero-order valence-electron chi connectivity index (χ0n) is 7.64. The van der Waals surface area contributed by atoms with Gasteiger partial charge in [-0.05, 0) is 25.7 Å². The van der Waals surface area contributed by atoms with E-state index in [1.54, 1.807) is 7.11 Å². The summed E-state index contributed by atoms with van der Waals surface area (Å²) in [5.74, 6) is 0.583. The summed E-state index contributed by atoms with van der Waals surface area (Å²) in [5.41, 5.74) is 0. The van der Waals surface area contributed by atoms with Crippen LogP contribution in [-0.2, 0) is 9.53 Å². The summed E-state index contributed by atoms with van der Waals surface area (Å²) in [5, 5.41) is 2.91. The van der Waals surface area contributed by atoms with Gasteiger partial charge in [0, 0.05) is 26.2 Å². The Kier molecular flexibility index (Phi) is 4.08. The second kappa shape index (κ2) is 5.14. The highest BCUT2D eigenvalue weighted by atomic mass is 16.5. The lowest BCUT2D eigenvalue weighted by molar-refractivity contribution is -0.122. The largest absolute Gasteiger partial charge is 0.385 e. The molecule has 0 atom stereocenters. The van der Waals surface area contributed by atoms with Crippen molar-refractivity contribution in [2.75, 3.05) is 20.3 Å². The standard InChI is InChI=1S/C9H17NO2/c1-12-7-3-2-6-10-9(11)8-4-5-8/h8H,2-7H2,1H3,(H,10,11). The first-order valence-corrected chi connectivity index (χ1v) is 4.61. The molecule has 1 rings (SSSR count). The number of unbranched alkanes of at least 4 members (excludes halogenated alkanes) is 1. The minimum absolute atomic E-state index is 0.243. The Morgan fingerprint density at radius 1 is 1.50 bits per heavy atom. The number of carbonyl (C=O) groups excluding carboxylic acids is 1. The molecule has 0 aliphatic heterocycles. The summed E-state index contributed by atoms with van der Waals surface area (Å²) in [7, 11) is 1.70. The second-order valence-corrected chi connectivity index (χ2v) is 3.27. The molecule has 0 aromatic rings. The van der Waals surface area contributed by atoms with Gasteiger partial charge in [-0.2, -0.15) is 0 Å². The third-order valence-corrected chi connectivity index (χ3v) is 2.02. The maximum atomic E-state index is 11.1. The fourth-order valence-electron chi connectivity index (χ4n) is 1.07. The summed E-state index contributed by atoms with van der Waals surface area (Å²) in [4.78, 5) is 11.1. The van der Waals surface area contributed by atoms with E-state index in [2.05, 4.69) is 5.32 Å². The second-order valence-electron chi connectivity index (χ2n) is 3.27. The Bertz CT molecular complexity index is 143. The van der Waals surface area contributed by atoms with Crippen LogP contribution in [0.2, 0.25) is 0 Å². The van der Waals surface area contributed by atoms with Crippen molar-refractivity contribution in [2.24, 2.45) is 5.92 Å². The van der Waals surface area contributed by atoms with Gasteiger partial charge in [0.15, 0.2) is 0 Å². The monoisotopic (exact) mass is 171 g/mol. The van der Waals surface area contributed by atoms with Gasteiger partial charge in [-0.1, -0.05) is 0 Å². The van der Waals surface area contributed by atoms with Crippen LogP contribution in [0.25, 0.3) is 0 Å². The number of carbonyl (C=O) groups is 1. The van der Waals surface area contributed by atoms with Gasteiger partial charge in [-0.25, -0.2) is 0 Å². The lowest BCUT2D eigenvalue weighted by Crippen LogP contribution is -2.25. The molecule has 1 amide bonds. The van der Waals surface area contributed by atoms with Gasteiger partial charge in [0.1, 0.15) is 0 Å². The normalized spacial score (nSPS) is 16.1. The third kappa shape index (κ3) is 3.72. The highest BCUT2D eigenvalue weighted by Crippen LogP contribution is 2.28. The molecule has 3 nitrogen and oxygen atoms in total. The van der Waals surface area contributed by atoms with Gasteiger partial charge in [0.05, 0.1) is 0 Å². The number of amides is 1. The van der Waals surface area contributed by atoms with Crippen LogP contribution in [0, 0.1) is 5.92 Å².